The molecule has 0 unspecified atom stereocenters. The highest BCUT2D eigenvalue weighted by atomic mass is 32.1. The van der Waals surface area contributed by atoms with Crippen LogP contribution in [0.4, 0.5) is 11.4 Å². The van der Waals surface area contributed by atoms with Crippen molar-refractivity contribution in [2.24, 2.45) is 0 Å². The van der Waals surface area contributed by atoms with Gasteiger partial charge in [0, 0.05) is 37.0 Å². The summed E-state index contributed by atoms with van der Waals surface area (Å²) in [6.07, 6.45) is 2.23. The molecule has 0 saturated carbocycles. The van der Waals surface area contributed by atoms with Gasteiger partial charge in [-0.05, 0) is 65.4 Å². The lowest BCUT2D eigenvalue weighted by Crippen LogP contribution is -2.23. The van der Waals surface area contributed by atoms with Crippen LogP contribution in [-0.4, -0.2) is 0 Å². The maximum absolute atomic E-state index is 3.69. The molecule has 2 heteroatoms. The number of fused-ring (bicyclic) bond motifs is 6. The Labute approximate surface area is 187 Å². The van der Waals surface area contributed by atoms with Crippen LogP contribution >= 0.6 is 11.3 Å². The van der Waals surface area contributed by atoms with Gasteiger partial charge in [-0.25, -0.2) is 0 Å². The first-order chi connectivity index (χ1) is 15.2. The second-order valence-corrected chi connectivity index (χ2v) is 9.61. The fraction of sp³-hybridized carbons (Fsp3) is 0.172. The molecule has 1 heterocycles. The second-order valence-electron chi connectivity index (χ2n) is 8.53. The van der Waals surface area contributed by atoms with Gasteiger partial charge in [-0.3, -0.25) is 0 Å². The molecule has 6 rings (SSSR count). The predicted octanol–water partition coefficient (Wildman–Crippen LogP) is 8.88. The number of hydrogen-bond donors (Lipinski definition) is 1. The summed E-state index contributed by atoms with van der Waals surface area (Å²) in [5.41, 5.74) is 8.17. The smallest absolute Gasteiger partial charge is 0.0398 e. The van der Waals surface area contributed by atoms with Gasteiger partial charge in [0.05, 0.1) is 0 Å². The Morgan fingerprint density at radius 1 is 0.645 bits per heavy atom. The maximum Gasteiger partial charge on any atom is 0.0398 e. The number of benzene rings is 4. The molecule has 1 aliphatic rings. The Morgan fingerprint density at radius 3 is 2.19 bits per heavy atom. The predicted molar refractivity (Wildman–Crippen MR) is 136 cm³/mol. The average Bonchev–Trinajstić information content (AvgIpc) is 3.32. The molecule has 0 bridgehead atoms. The van der Waals surface area contributed by atoms with Gasteiger partial charge in [-0.2, -0.15) is 0 Å². The third-order valence-corrected chi connectivity index (χ3v) is 8.28. The van der Waals surface area contributed by atoms with Gasteiger partial charge in [0.2, 0.25) is 0 Å². The molecular weight excluding hydrogens is 394 g/mol. The van der Waals surface area contributed by atoms with Crippen LogP contribution in [0.25, 0.3) is 31.3 Å². The molecule has 1 nitrogen and oxygen atoms in total. The Morgan fingerprint density at radius 2 is 1.32 bits per heavy atom. The third-order valence-electron chi connectivity index (χ3n) is 7.14. The van der Waals surface area contributed by atoms with Gasteiger partial charge < -0.3 is 5.32 Å². The van der Waals surface area contributed by atoms with Crippen molar-refractivity contribution in [2.45, 2.75) is 32.1 Å². The van der Waals surface area contributed by atoms with Crippen LogP contribution in [0.2, 0.25) is 0 Å². The monoisotopic (exact) mass is 419 g/mol. The van der Waals surface area contributed by atoms with Gasteiger partial charge in [0.1, 0.15) is 0 Å². The van der Waals surface area contributed by atoms with E-state index < -0.39 is 0 Å². The fourth-order valence-corrected chi connectivity index (χ4v) is 6.66. The quantitative estimate of drug-likeness (QED) is 0.307. The number of hydrogen-bond acceptors (Lipinski definition) is 2. The van der Waals surface area contributed by atoms with E-state index in [4.69, 9.17) is 0 Å². The molecule has 0 atom stereocenters. The van der Waals surface area contributed by atoms with E-state index in [1.165, 1.54) is 48.1 Å². The van der Waals surface area contributed by atoms with Crippen LogP contribution < -0.4 is 5.32 Å². The zero-order chi connectivity index (χ0) is 21.0. The second kappa shape index (κ2) is 6.96. The van der Waals surface area contributed by atoms with Crippen molar-refractivity contribution in [1.82, 2.24) is 0 Å². The van der Waals surface area contributed by atoms with Crippen molar-refractivity contribution in [1.29, 1.82) is 0 Å². The third kappa shape index (κ3) is 2.68. The first kappa shape index (κ1) is 18.7. The molecule has 0 saturated heterocycles. The largest absolute Gasteiger partial charge is 0.355 e. The summed E-state index contributed by atoms with van der Waals surface area (Å²) in [6.45, 7) is 4.65. The van der Waals surface area contributed by atoms with Crippen molar-refractivity contribution >= 4 is 42.9 Å². The summed E-state index contributed by atoms with van der Waals surface area (Å²) in [7, 11) is 0. The molecule has 0 spiro atoms. The van der Waals surface area contributed by atoms with Gasteiger partial charge in [0.15, 0.2) is 0 Å². The van der Waals surface area contributed by atoms with E-state index in [0.717, 1.165) is 18.5 Å². The first-order valence-corrected chi connectivity index (χ1v) is 12.0. The van der Waals surface area contributed by atoms with E-state index in [1.54, 1.807) is 0 Å². The lowest BCUT2D eigenvalue weighted by atomic mass is 9.74. The summed E-state index contributed by atoms with van der Waals surface area (Å²) in [5, 5.41) is 6.38. The number of nitrogens with one attached hydrogen (secondary N) is 1. The van der Waals surface area contributed by atoms with Crippen molar-refractivity contribution in [3.63, 3.8) is 0 Å². The minimum atomic E-state index is 0.110. The first-order valence-electron chi connectivity index (χ1n) is 11.2. The van der Waals surface area contributed by atoms with Crippen LogP contribution in [0.3, 0.4) is 0 Å². The van der Waals surface area contributed by atoms with Crippen LogP contribution in [0, 0.1) is 0 Å². The fourth-order valence-electron chi connectivity index (χ4n) is 5.52. The van der Waals surface area contributed by atoms with E-state index >= 15 is 0 Å². The van der Waals surface area contributed by atoms with Gasteiger partial charge in [-0.1, -0.05) is 68.4 Å². The molecule has 0 amide bonds. The SMILES string of the molecule is CCC1(CC)c2ccccc2-c2ccc(Nc3ccc4c(c3)sc3ccccc34)cc21. The van der Waals surface area contributed by atoms with Crippen LogP contribution in [0.1, 0.15) is 37.8 Å². The van der Waals surface area contributed by atoms with Crippen LogP contribution in [-0.2, 0) is 5.41 Å². The number of anilines is 2. The van der Waals surface area contributed by atoms with E-state index in [1.807, 2.05) is 11.3 Å². The Bertz CT molecular complexity index is 1440. The molecule has 0 fully saturated rings. The highest BCUT2D eigenvalue weighted by molar-refractivity contribution is 7.25. The summed E-state index contributed by atoms with van der Waals surface area (Å²) in [6, 6.07) is 31.3. The van der Waals surface area contributed by atoms with Gasteiger partial charge >= 0.3 is 0 Å². The summed E-state index contributed by atoms with van der Waals surface area (Å²) in [4.78, 5) is 0. The molecule has 1 aromatic heterocycles. The lowest BCUT2D eigenvalue weighted by Gasteiger charge is -2.30. The average molecular weight is 420 g/mol. The molecule has 0 radical (unpaired) electrons. The zero-order valence-corrected chi connectivity index (χ0v) is 18.7. The van der Waals surface area contributed by atoms with Crippen LogP contribution in [0.15, 0.2) is 84.9 Å². The summed E-state index contributed by atoms with van der Waals surface area (Å²) < 4.78 is 2.68. The molecule has 0 aliphatic heterocycles. The lowest BCUT2D eigenvalue weighted by molar-refractivity contribution is 0.490. The van der Waals surface area contributed by atoms with Crippen molar-refractivity contribution in [2.75, 3.05) is 5.32 Å². The topological polar surface area (TPSA) is 12.0 Å². The molecule has 152 valence electrons. The van der Waals surface area contributed by atoms with Crippen molar-refractivity contribution in [3.05, 3.63) is 96.1 Å². The Hall–Kier alpha value is -3.10. The molecule has 5 aromatic rings. The molecule has 31 heavy (non-hydrogen) atoms. The van der Waals surface area contributed by atoms with Gasteiger partial charge in [-0.15, -0.1) is 11.3 Å². The molecule has 1 N–H and O–H groups in total. The van der Waals surface area contributed by atoms with E-state index in [-0.39, 0.29) is 5.41 Å². The van der Waals surface area contributed by atoms with E-state index in [0.29, 0.717) is 0 Å². The van der Waals surface area contributed by atoms with E-state index in [2.05, 4.69) is 104 Å². The normalized spacial score (nSPS) is 14.0. The highest BCUT2D eigenvalue weighted by Crippen LogP contribution is 2.53. The highest BCUT2D eigenvalue weighted by Gasteiger charge is 2.40. The number of thiophene rings is 1. The molecule has 1 aliphatic carbocycles. The molecular formula is C29H25NS. The van der Waals surface area contributed by atoms with Gasteiger partial charge in [0.25, 0.3) is 0 Å². The van der Waals surface area contributed by atoms with Crippen LogP contribution in [0.5, 0.6) is 0 Å². The van der Waals surface area contributed by atoms with Crippen molar-refractivity contribution < 1.29 is 0 Å². The zero-order valence-electron chi connectivity index (χ0n) is 17.9. The minimum absolute atomic E-state index is 0.110. The molecule has 4 aromatic carbocycles. The summed E-state index contributed by atoms with van der Waals surface area (Å²) in [5.74, 6) is 0. The Balaban J connectivity index is 1.42. The minimum Gasteiger partial charge on any atom is -0.355 e. The standard InChI is InChI=1S/C29H25NS/c1-3-29(4-2)25-11-7-5-9-21(25)22-15-13-19(17-26(22)29)30-20-14-16-24-23-10-6-8-12-27(23)31-28(24)18-20/h5-18,30H,3-4H2,1-2H3. The van der Waals surface area contributed by atoms with Crippen molar-refractivity contribution in [3.8, 4) is 11.1 Å². The maximum atomic E-state index is 3.69. The number of rotatable bonds is 4. The Kier molecular flexibility index (Phi) is 4.19. The summed E-state index contributed by atoms with van der Waals surface area (Å²) >= 11 is 1.87. The van der Waals surface area contributed by atoms with E-state index in [9.17, 15) is 0 Å².